The molecule has 0 aliphatic carbocycles. The van der Waals surface area contributed by atoms with Crippen LogP contribution in [0, 0.1) is 5.92 Å². The van der Waals surface area contributed by atoms with Crippen LogP contribution in [0.3, 0.4) is 0 Å². The zero-order valence-electron chi connectivity index (χ0n) is 9.93. The number of nitrogens with two attached hydrogens (primary N) is 1. The van der Waals surface area contributed by atoms with Gasteiger partial charge >= 0.3 is 24.2 Å². The van der Waals surface area contributed by atoms with Crippen molar-refractivity contribution in [2.75, 3.05) is 0 Å². The zero-order valence-corrected chi connectivity index (χ0v) is 9.93. The predicted molar refractivity (Wildman–Crippen MR) is 48.4 cm³/mol. The van der Waals surface area contributed by atoms with Crippen molar-refractivity contribution in [3.8, 4) is 0 Å². The Balaban J connectivity index is 4.89. The van der Waals surface area contributed by atoms with Crippen molar-refractivity contribution in [1.82, 2.24) is 0 Å². The van der Waals surface area contributed by atoms with Gasteiger partial charge in [-0.1, -0.05) is 6.92 Å². The van der Waals surface area contributed by atoms with E-state index in [0.717, 1.165) is 0 Å². The van der Waals surface area contributed by atoms with Crippen LogP contribution in [0.1, 0.15) is 19.8 Å². The van der Waals surface area contributed by atoms with E-state index in [1.165, 1.54) is 0 Å². The molecule has 0 saturated carbocycles. The molecule has 0 saturated heterocycles. The van der Waals surface area contributed by atoms with Crippen molar-refractivity contribution in [2.24, 2.45) is 11.7 Å². The molecule has 0 aromatic carbocycles. The highest BCUT2D eigenvalue weighted by Gasteiger charge is 2.74. The molecule has 11 heteroatoms. The molecule has 20 heavy (non-hydrogen) atoms. The molecule has 122 valence electrons. The van der Waals surface area contributed by atoms with E-state index < -0.39 is 49.0 Å². The Kier molecular flexibility index (Phi) is 5.36. The molecule has 2 atom stereocenters. The standard InChI is InChI=1S/C9H11F10N/c1-4(7(12,13)14)2-3-5(20)6(10,11)8(15,16)9(17,18)19/h4-5H,2-3,20H2,1H3. The minimum absolute atomic E-state index is 0.576. The molecule has 0 aliphatic rings. The van der Waals surface area contributed by atoms with Gasteiger partial charge in [0.1, 0.15) is 0 Å². The van der Waals surface area contributed by atoms with E-state index in [1.54, 1.807) is 0 Å². The predicted octanol–water partition coefficient (Wildman–Crippen LogP) is 4.13. The second-order valence-electron chi connectivity index (χ2n) is 4.32. The van der Waals surface area contributed by atoms with Gasteiger partial charge < -0.3 is 5.73 Å². The molecule has 0 bridgehead atoms. The monoisotopic (exact) mass is 323 g/mol. The Labute approximate surface area is 107 Å². The summed E-state index contributed by atoms with van der Waals surface area (Å²) in [4.78, 5) is 0. The lowest BCUT2D eigenvalue weighted by molar-refractivity contribution is -0.359. The molecule has 0 rings (SSSR count). The fourth-order valence-electron chi connectivity index (χ4n) is 1.20. The minimum atomic E-state index is -6.55. The molecule has 0 amide bonds. The van der Waals surface area contributed by atoms with E-state index in [0.29, 0.717) is 6.92 Å². The Morgan fingerprint density at radius 2 is 1.20 bits per heavy atom. The molecular formula is C9H11F10N. The molecule has 2 N–H and O–H groups in total. The SMILES string of the molecule is CC(CCC(N)C(F)(F)C(F)(F)C(F)(F)F)C(F)(F)F. The number of rotatable bonds is 5. The second-order valence-corrected chi connectivity index (χ2v) is 4.32. The van der Waals surface area contributed by atoms with Crippen LogP contribution in [0.15, 0.2) is 0 Å². The van der Waals surface area contributed by atoms with E-state index >= 15 is 0 Å². The molecular weight excluding hydrogens is 312 g/mol. The maximum atomic E-state index is 13.0. The summed E-state index contributed by atoms with van der Waals surface area (Å²) >= 11 is 0. The molecule has 0 spiro atoms. The van der Waals surface area contributed by atoms with Gasteiger partial charge in [-0.2, -0.15) is 43.9 Å². The number of hydrogen-bond acceptors (Lipinski definition) is 1. The van der Waals surface area contributed by atoms with Gasteiger partial charge in [-0.3, -0.25) is 0 Å². The van der Waals surface area contributed by atoms with Gasteiger partial charge in [0.15, 0.2) is 0 Å². The van der Waals surface area contributed by atoms with Gasteiger partial charge in [0.05, 0.1) is 12.0 Å². The van der Waals surface area contributed by atoms with E-state index in [-0.39, 0.29) is 0 Å². The lowest BCUT2D eigenvalue weighted by atomic mass is 9.94. The smallest absolute Gasteiger partial charge is 0.322 e. The third-order valence-electron chi connectivity index (χ3n) is 2.71. The molecule has 0 aromatic heterocycles. The van der Waals surface area contributed by atoms with Crippen molar-refractivity contribution >= 4 is 0 Å². The first kappa shape index (κ1) is 19.3. The van der Waals surface area contributed by atoms with E-state index in [4.69, 9.17) is 0 Å². The molecule has 0 aromatic rings. The van der Waals surface area contributed by atoms with Crippen LogP contribution in [0.2, 0.25) is 0 Å². The summed E-state index contributed by atoms with van der Waals surface area (Å²) in [7, 11) is 0. The highest BCUT2D eigenvalue weighted by atomic mass is 19.4. The van der Waals surface area contributed by atoms with Gasteiger partial charge in [0.25, 0.3) is 0 Å². The minimum Gasteiger partial charge on any atom is -0.322 e. The van der Waals surface area contributed by atoms with E-state index in [9.17, 15) is 43.9 Å². The van der Waals surface area contributed by atoms with E-state index in [2.05, 4.69) is 5.73 Å². The largest absolute Gasteiger partial charge is 0.459 e. The second kappa shape index (κ2) is 5.57. The van der Waals surface area contributed by atoms with Crippen molar-refractivity contribution in [3.63, 3.8) is 0 Å². The first-order valence-electron chi connectivity index (χ1n) is 5.19. The van der Waals surface area contributed by atoms with Crippen LogP contribution in [0.5, 0.6) is 0 Å². The maximum absolute atomic E-state index is 13.0. The molecule has 0 aliphatic heterocycles. The Morgan fingerprint density at radius 1 is 0.800 bits per heavy atom. The molecule has 0 radical (unpaired) electrons. The highest BCUT2D eigenvalue weighted by Crippen LogP contribution is 2.48. The quantitative estimate of drug-likeness (QED) is 0.757. The summed E-state index contributed by atoms with van der Waals surface area (Å²) in [5, 5.41) is 0. The van der Waals surface area contributed by atoms with Gasteiger partial charge in [-0.15, -0.1) is 0 Å². The van der Waals surface area contributed by atoms with Crippen LogP contribution < -0.4 is 5.73 Å². The van der Waals surface area contributed by atoms with Crippen LogP contribution in [-0.2, 0) is 0 Å². The lowest BCUT2D eigenvalue weighted by Gasteiger charge is -2.32. The van der Waals surface area contributed by atoms with Crippen LogP contribution in [0.4, 0.5) is 43.9 Å². The molecule has 0 heterocycles. The van der Waals surface area contributed by atoms with Gasteiger partial charge in [-0.25, -0.2) is 0 Å². The van der Waals surface area contributed by atoms with Gasteiger partial charge in [0.2, 0.25) is 0 Å². The fraction of sp³-hybridized carbons (Fsp3) is 1.00. The lowest BCUT2D eigenvalue weighted by Crippen LogP contribution is -2.60. The average molecular weight is 323 g/mol. The zero-order chi connectivity index (χ0) is 16.6. The van der Waals surface area contributed by atoms with Crippen molar-refractivity contribution in [2.45, 2.75) is 50.0 Å². The molecule has 0 fully saturated rings. The molecule has 2 unspecified atom stereocenters. The third kappa shape index (κ3) is 3.89. The Bertz CT molecular complexity index is 318. The fourth-order valence-corrected chi connectivity index (χ4v) is 1.20. The van der Waals surface area contributed by atoms with Crippen LogP contribution in [-0.4, -0.2) is 30.2 Å². The summed E-state index contributed by atoms with van der Waals surface area (Å²) in [5.74, 6) is -14.3. The summed E-state index contributed by atoms with van der Waals surface area (Å²) in [6.07, 6.45) is -13.8. The van der Waals surface area contributed by atoms with Crippen molar-refractivity contribution in [1.29, 1.82) is 0 Å². The number of halogens is 10. The highest BCUT2D eigenvalue weighted by molar-refractivity contribution is 4.97. The summed E-state index contributed by atoms with van der Waals surface area (Å²) in [5.41, 5.74) is 4.53. The van der Waals surface area contributed by atoms with Crippen LogP contribution in [0.25, 0.3) is 0 Å². The average Bonchev–Trinajstić information content (AvgIpc) is 2.21. The number of hydrogen-bond donors (Lipinski definition) is 1. The third-order valence-corrected chi connectivity index (χ3v) is 2.71. The van der Waals surface area contributed by atoms with E-state index in [1.807, 2.05) is 0 Å². The maximum Gasteiger partial charge on any atom is 0.459 e. The normalized spacial score (nSPS) is 18.0. The summed E-state index contributed by atoms with van der Waals surface area (Å²) in [6, 6.07) is -3.05. The number of alkyl halides is 10. The van der Waals surface area contributed by atoms with Crippen molar-refractivity contribution < 1.29 is 43.9 Å². The van der Waals surface area contributed by atoms with Crippen molar-refractivity contribution in [3.05, 3.63) is 0 Å². The van der Waals surface area contributed by atoms with Gasteiger partial charge in [0, 0.05) is 0 Å². The summed E-state index contributed by atoms with van der Waals surface area (Å²) < 4.78 is 123. The Morgan fingerprint density at radius 3 is 1.50 bits per heavy atom. The van der Waals surface area contributed by atoms with Crippen LogP contribution >= 0.6 is 0 Å². The summed E-state index contributed by atoms with van der Waals surface area (Å²) in [6.45, 7) is 0.576. The van der Waals surface area contributed by atoms with Gasteiger partial charge in [-0.05, 0) is 12.8 Å². The first-order chi connectivity index (χ1) is 8.55. The first-order valence-corrected chi connectivity index (χ1v) is 5.19. The Hall–Kier alpha value is -0.740. The molecule has 1 nitrogen and oxygen atoms in total. The topological polar surface area (TPSA) is 26.0 Å².